The van der Waals surface area contributed by atoms with Gasteiger partial charge in [-0.3, -0.25) is 19.3 Å². The Kier molecular flexibility index (Phi) is 6.09. The van der Waals surface area contributed by atoms with Crippen LogP contribution in [0.2, 0.25) is 0 Å². The standard InChI is InChI=1S/C31H26Cl2N2O5/c1-16(2)40-29(39)18-12-14-19(15-13-18)34-26(36)17(3)35-27(37)24-25(28(35)38)31(33)21-9-5-4-8-20(21)30(24,32)22-10-6-7-11-23(22)31/h4-17,24-25H,1-3H3,(H,34,36)/t17-,24-,25-,30?,31?/m0/s1. The highest BCUT2D eigenvalue weighted by Crippen LogP contribution is 2.69. The van der Waals surface area contributed by atoms with Crippen molar-refractivity contribution < 1.29 is 23.9 Å². The number of esters is 1. The average molecular weight is 577 g/mol. The van der Waals surface area contributed by atoms with E-state index in [0.29, 0.717) is 33.5 Å². The highest BCUT2D eigenvalue weighted by Gasteiger charge is 2.73. The van der Waals surface area contributed by atoms with Crippen LogP contribution < -0.4 is 5.32 Å². The molecule has 1 heterocycles. The van der Waals surface area contributed by atoms with E-state index < -0.39 is 51.3 Å². The molecule has 1 aliphatic heterocycles. The molecule has 4 aliphatic rings. The van der Waals surface area contributed by atoms with E-state index in [4.69, 9.17) is 27.9 Å². The van der Waals surface area contributed by atoms with Crippen molar-refractivity contribution in [1.82, 2.24) is 4.90 Å². The molecule has 3 amide bonds. The monoisotopic (exact) mass is 576 g/mol. The third-order valence-electron chi connectivity index (χ3n) is 8.12. The molecule has 2 bridgehead atoms. The Morgan fingerprint density at radius 1 is 0.775 bits per heavy atom. The molecule has 7 rings (SSSR count). The van der Waals surface area contributed by atoms with E-state index in [1.807, 2.05) is 48.5 Å². The number of hydrogen-bond donors (Lipinski definition) is 1. The molecular formula is C31H26Cl2N2O5. The van der Waals surface area contributed by atoms with Gasteiger partial charge in [0.1, 0.15) is 15.8 Å². The first kappa shape index (κ1) is 26.5. The Hall–Kier alpha value is -3.68. The molecule has 3 aromatic carbocycles. The normalized spacial score (nSPS) is 26.7. The lowest BCUT2D eigenvalue weighted by atomic mass is 9.54. The molecule has 1 N–H and O–H groups in total. The molecule has 1 fully saturated rings. The number of likely N-dealkylation sites (tertiary alicyclic amines) is 1. The van der Waals surface area contributed by atoms with Crippen LogP contribution in [0.25, 0.3) is 0 Å². The predicted molar refractivity (Wildman–Crippen MR) is 150 cm³/mol. The van der Waals surface area contributed by atoms with E-state index in [-0.39, 0.29) is 6.10 Å². The number of alkyl halides is 2. The number of benzene rings is 3. The average Bonchev–Trinajstić information content (AvgIpc) is 3.22. The van der Waals surface area contributed by atoms with Gasteiger partial charge in [0.15, 0.2) is 0 Å². The van der Waals surface area contributed by atoms with E-state index in [9.17, 15) is 19.2 Å². The van der Waals surface area contributed by atoms with E-state index in [0.717, 1.165) is 4.90 Å². The number of nitrogens with zero attached hydrogens (tertiary/aromatic N) is 1. The maximum atomic E-state index is 14.0. The van der Waals surface area contributed by atoms with Crippen molar-refractivity contribution in [3.8, 4) is 0 Å². The molecule has 0 spiro atoms. The third kappa shape index (κ3) is 3.50. The lowest BCUT2D eigenvalue weighted by Crippen LogP contribution is -2.57. The minimum Gasteiger partial charge on any atom is -0.459 e. The second kappa shape index (κ2) is 9.18. The Labute approximate surface area is 241 Å². The number of imide groups is 1. The van der Waals surface area contributed by atoms with Crippen LogP contribution in [0, 0.1) is 11.8 Å². The number of carbonyl (C=O) groups is 4. The Balaban J connectivity index is 1.32. The molecule has 7 nitrogen and oxygen atoms in total. The van der Waals surface area contributed by atoms with Crippen molar-refractivity contribution in [2.45, 2.75) is 42.7 Å². The summed E-state index contributed by atoms with van der Waals surface area (Å²) in [5.41, 5.74) is 3.52. The first-order valence-electron chi connectivity index (χ1n) is 13.1. The number of amides is 3. The van der Waals surface area contributed by atoms with E-state index in [1.54, 1.807) is 26.0 Å². The van der Waals surface area contributed by atoms with Gasteiger partial charge >= 0.3 is 5.97 Å². The Morgan fingerprint density at radius 2 is 1.20 bits per heavy atom. The van der Waals surface area contributed by atoms with Gasteiger partial charge in [-0.15, -0.1) is 23.2 Å². The van der Waals surface area contributed by atoms with Crippen molar-refractivity contribution in [2.24, 2.45) is 11.8 Å². The maximum Gasteiger partial charge on any atom is 0.338 e. The van der Waals surface area contributed by atoms with Crippen LogP contribution in [0.5, 0.6) is 0 Å². The number of ether oxygens (including phenoxy) is 1. The SMILES string of the molecule is CC(C)OC(=O)c1ccc(NC(=O)[C@H](C)N2C(=O)[C@@H]3[C@@H](C2=O)C2(Cl)c4ccccc4C3(Cl)c3ccccc32)cc1. The second-order valence-electron chi connectivity index (χ2n) is 10.7. The summed E-state index contributed by atoms with van der Waals surface area (Å²) in [7, 11) is 0. The van der Waals surface area contributed by atoms with Crippen molar-refractivity contribution >= 4 is 52.6 Å². The summed E-state index contributed by atoms with van der Waals surface area (Å²) >= 11 is 14.9. The first-order valence-corrected chi connectivity index (χ1v) is 13.8. The smallest absolute Gasteiger partial charge is 0.338 e. The number of carbonyl (C=O) groups excluding carboxylic acids is 4. The maximum absolute atomic E-state index is 14.0. The molecule has 0 aromatic heterocycles. The van der Waals surface area contributed by atoms with Gasteiger partial charge in [0.05, 0.1) is 23.5 Å². The zero-order valence-corrected chi connectivity index (χ0v) is 23.5. The first-order chi connectivity index (χ1) is 19.0. The van der Waals surface area contributed by atoms with Crippen molar-refractivity contribution in [3.63, 3.8) is 0 Å². The second-order valence-corrected chi connectivity index (χ2v) is 11.9. The zero-order valence-electron chi connectivity index (χ0n) is 22.0. The van der Waals surface area contributed by atoms with Gasteiger partial charge in [-0.2, -0.15) is 0 Å². The van der Waals surface area contributed by atoms with E-state index in [1.165, 1.54) is 19.1 Å². The van der Waals surface area contributed by atoms with Crippen LogP contribution >= 0.6 is 23.2 Å². The zero-order chi connectivity index (χ0) is 28.6. The van der Waals surface area contributed by atoms with Gasteiger partial charge in [-0.05, 0) is 67.3 Å². The van der Waals surface area contributed by atoms with Crippen LogP contribution in [-0.2, 0) is 28.9 Å². The molecule has 204 valence electrons. The largest absolute Gasteiger partial charge is 0.459 e. The van der Waals surface area contributed by atoms with Gasteiger partial charge < -0.3 is 10.1 Å². The summed E-state index contributed by atoms with van der Waals surface area (Å²) in [6, 6.07) is 19.8. The van der Waals surface area contributed by atoms with Crippen LogP contribution in [0.1, 0.15) is 53.4 Å². The molecule has 0 radical (unpaired) electrons. The summed E-state index contributed by atoms with van der Waals surface area (Å²) < 4.78 is 5.19. The van der Waals surface area contributed by atoms with Gasteiger partial charge in [0, 0.05) is 5.69 Å². The molecule has 3 atom stereocenters. The highest BCUT2D eigenvalue weighted by atomic mass is 35.5. The Morgan fingerprint density at radius 3 is 1.60 bits per heavy atom. The van der Waals surface area contributed by atoms with E-state index in [2.05, 4.69) is 5.32 Å². The number of halogens is 2. The molecule has 40 heavy (non-hydrogen) atoms. The minimum atomic E-state index is -1.31. The molecule has 9 heteroatoms. The highest BCUT2D eigenvalue weighted by molar-refractivity contribution is 6.36. The minimum absolute atomic E-state index is 0.262. The summed E-state index contributed by atoms with van der Waals surface area (Å²) in [4.78, 5) is 51.9. The Bertz CT molecular complexity index is 1460. The summed E-state index contributed by atoms with van der Waals surface area (Å²) in [5.74, 6) is -4.07. The number of hydrogen-bond acceptors (Lipinski definition) is 5. The number of nitrogens with one attached hydrogen (secondary N) is 1. The molecule has 0 unspecified atom stereocenters. The third-order valence-corrected chi connectivity index (χ3v) is 9.40. The van der Waals surface area contributed by atoms with Crippen molar-refractivity contribution in [1.29, 1.82) is 0 Å². The van der Waals surface area contributed by atoms with Gasteiger partial charge in [0.25, 0.3) is 0 Å². The van der Waals surface area contributed by atoms with Crippen LogP contribution in [0.15, 0.2) is 72.8 Å². The summed E-state index contributed by atoms with van der Waals surface area (Å²) in [6.07, 6.45) is -0.262. The number of anilines is 1. The molecular weight excluding hydrogens is 551 g/mol. The summed E-state index contributed by atoms with van der Waals surface area (Å²) in [5, 5.41) is 2.74. The molecule has 3 aliphatic carbocycles. The molecule has 1 saturated heterocycles. The fraction of sp³-hybridized carbons (Fsp3) is 0.290. The van der Waals surface area contributed by atoms with Crippen LogP contribution in [0.4, 0.5) is 5.69 Å². The predicted octanol–water partition coefficient (Wildman–Crippen LogP) is 5.17. The van der Waals surface area contributed by atoms with Gasteiger partial charge in [-0.25, -0.2) is 4.79 Å². The topological polar surface area (TPSA) is 92.8 Å². The fourth-order valence-electron chi connectivity index (χ4n) is 6.41. The lowest BCUT2D eigenvalue weighted by Gasteiger charge is -2.54. The fourth-order valence-corrected chi connectivity index (χ4v) is 7.50. The summed E-state index contributed by atoms with van der Waals surface area (Å²) in [6.45, 7) is 5.01. The lowest BCUT2D eigenvalue weighted by molar-refractivity contribution is -0.146. The van der Waals surface area contributed by atoms with Crippen molar-refractivity contribution in [3.05, 3.63) is 101 Å². The van der Waals surface area contributed by atoms with E-state index >= 15 is 0 Å². The van der Waals surface area contributed by atoms with Crippen LogP contribution in [-0.4, -0.2) is 40.7 Å². The molecule has 0 saturated carbocycles. The molecule has 3 aromatic rings. The van der Waals surface area contributed by atoms with Gasteiger partial charge in [0.2, 0.25) is 17.7 Å². The van der Waals surface area contributed by atoms with Gasteiger partial charge in [-0.1, -0.05) is 48.5 Å². The quantitative estimate of drug-likeness (QED) is 0.257. The number of rotatable bonds is 5. The van der Waals surface area contributed by atoms with Crippen LogP contribution in [0.3, 0.4) is 0 Å². The van der Waals surface area contributed by atoms with Crippen molar-refractivity contribution in [2.75, 3.05) is 5.32 Å².